The molecule has 0 spiro atoms. The molecule has 0 aliphatic heterocycles. The average Bonchev–Trinajstić information content (AvgIpc) is 2.30. The number of halogens is 1. The van der Waals surface area contributed by atoms with Crippen molar-refractivity contribution in [3.63, 3.8) is 0 Å². The predicted molar refractivity (Wildman–Crippen MR) is 52.1 cm³/mol. The molecule has 2 rings (SSSR count). The van der Waals surface area contributed by atoms with Crippen LogP contribution in [0.5, 0.6) is 0 Å². The van der Waals surface area contributed by atoms with Crippen LogP contribution in [0.1, 0.15) is 5.56 Å². The highest BCUT2D eigenvalue weighted by molar-refractivity contribution is 5.65. The van der Waals surface area contributed by atoms with Crippen molar-refractivity contribution < 1.29 is 4.39 Å². The van der Waals surface area contributed by atoms with Crippen LogP contribution in [-0.4, -0.2) is 9.97 Å². The Hall–Kier alpha value is -2.28. The van der Waals surface area contributed by atoms with Crippen LogP contribution in [0, 0.1) is 17.1 Å². The van der Waals surface area contributed by atoms with Crippen molar-refractivity contribution in [1.29, 1.82) is 5.26 Å². The van der Waals surface area contributed by atoms with Gasteiger partial charge < -0.3 is 0 Å². The van der Waals surface area contributed by atoms with Gasteiger partial charge in [0.05, 0.1) is 11.3 Å². The van der Waals surface area contributed by atoms with Crippen molar-refractivity contribution in [1.82, 2.24) is 9.97 Å². The molecule has 0 bridgehead atoms. The van der Waals surface area contributed by atoms with Crippen LogP contribution in [0.15, 0.2) is 36.8 Å². The van der Waals surface area contributed by atoms with Gasteiger partial charge in [0.2, 0.25) is 0 Å². The summed E-state index contributed by atoms with van der Waals surface area (Å²) in [5.41, 5.74) is 1.60. The topological polar surface area (TPSA) is 49.6 Å². The maximum atomic E-state index is 12.7. The Balaban J connectivity index is 2.55. The van der Waals surface area contributed by atoms with E-state index in [9.17, 15) is 4.39 Å². The highest BCUT2D eigenvalue weighted by atomic mass is 19.1. The van der Waals surface area contributed by atoms with Crippen LogP contribution in [0.3, 0.4) is 0 Å². The first kappa shape index (κ1) is 9.28. The lowest BCUT2D eigenvalue weighted by Crippen LogP contribution is -1.90. The molecule has 0 unspecified atom stereocenters. The van der Waals surface area contributed by atoms with E-state index in [-0.39, 0.29) is 5.82 Å². The first-order chi connectivity index (χ1) is 7.31. The van der Waals surface area contributed by atoms with Crippen LogP contribution < -0.4 is 0 Å². The summed E-state index contributed by atoms with van der Waals surface area (Å²) in [6.07, 6.45) is 2.80. The molecule has 2 aromatic rings. The smallest absolute Gasteiger partial charge is 0.123 e. The summed E-state index contributed by atoms with van der Waals surface area (Å²) >= 11 is 0. The standard InChI is InChI=1S/C11H6FN3/c12-10-3-1-8(2-4-10)11-9(5-13)6-14-7-15-11/h1-4,6-7H. The minimum absolute atomic E-state index is 0.314. The molecule has 0 saturated heterocycles. The molecule has 1 aromatic heterocycles. The zero-order chi connectivity index (χ0) is 10.7. The lowest BCUT2D eigenvalue weighted by atomic mass is 10.1. The van der Waals surface area contributed by atoms with Crippen molar-refractivity contribution >= 4 is 0 Å². The molecule has 4 heteroatoms. The van der Waals surface area contributed by atoms with E-state index in [0.717, 1.165) is 0 Å². The van der Waals surface area contributed by atoms with Crippen LogP contribution in [-0.2, 0) is 0 Å². The molecule has 0 fully saturated rings. The van der Waals surface area contributed by atoms with Crippen molar-refractivity contribution in [3.05, 3.63) is 48.2 Å². The van der Waals surface area contributed by atoms with E-state index < -0.39 is 0 Å². The third-order valence-electron chi connectivity index (χ3n) is 1.95. The van der Waals surface area contributed by atoms with Gasteiger partial charge >= 0.3 is 0 Å². The van der Waals surface area contributed by atoms with Crippen LogP contribution in [0.2, 0.25) is 0 Å². The third-order valence-corrected chi connectivity index (χ3v) is 1.95. The number of aromatic nitrogens is 2. The number of hydrogen-bond donors (Lipinski definition) is 0. The maximum absolute atomic E-state index is 12.7. The number of rotatable bonds is 1. The van der Waals surface area contributed by atoms with Gasteiger partial charge in [0, 0.05) is 11.8 Å². The molecule has 3 nitrogen and oxygen atoms in total. The summed E-state index contributed by atoms with van der Waals surface area (Å²) in [6.45, 7) is 0. The van der Waals surface area contributed by atoms with Gasteiger partial charge in [-0.2, -0.15) is 5.26 Å². The minimum atomic E-state index is -0.314. The first-order valence-electron chi connectivity index (χ1n) is 4.27. The second-order valence-electron chi connectivity index (χ2n) is 2.90. The van der Waals surface area contributed by atoms with Crippen LogP contribution in [0.4, 0.5) is 4.39 Å². The fourth-order valence-electron chi connectivity index (χ4n) is 1.25. The molecular weight excluding hydrogens is 193 g/mol. The van der Waals surface area contributed by atoms with E-state index in [2.05, 4.69) is 9.97 Å². The van der Waals surface area contributed by atoms with E-state index in [1.165, 1.54) is 24.7 Å². The summed E-state index contributed by atoms with van der Waals surface area (Å²) in [7, 11) is 0. The molecule has 1 heterocycles. The Morgan fingerprint density at radius 3 is 2.60 bits per heavy atom. The van der Waals surface area contributed by atoms with Crippen molar-refractivity contribution in [2.45, 2.75) is 0 Å². The Kier molecular flexibility index (Phi) is 2.38. The minimum Gasteiger partial charge on any atom is -0.243 e. The first-order valence-corrected chi connectivity index (χ1v) is 4.27. The second-order valence-corrected chi connectivity index (χ2v) is 2.90. The Morgan fingerprint density at radius 2 is 1.93 bits per heavy atom. The number of hydrogen-bond acceptors (Lipinski definition) is 3. The average molecular weight is 199 g/mol. The van der Waals surface area contributed by atoms with E-state index in [1.807, 2.05) is 6.07 Å². The van der Waals surface area contributed by atoms with Gasteiger partial charge in [-0.15, -0.1) is 0 Å². The van der Waals surface area contributed by atoms with Crippen molar-refractivity contribution in [2.75, 3.05) is 0 Å². The molecule has 15 heavy (non-hydrogen) atoms. The molecule has 0 aliphatic carbocycles. The fourth-order valence-corrected chi connectivity index (χ4v) is 1.25. The van der Waals surface area contributed by atoms with Gasteiger partial charge in [0.1, 0.15) is 18.2 Å². The maximum Gasteiger partial charge on any atom is 0.123 e. The normalized spacial score (nSPS) is 9.60. The molecule has 0 saturated carbocycles. The second kappa shape index (κ2) is 3.84. The highest BCUT2D eigenvalue weighted by Crippen LogP contribution is 2.19. The third kappa shape index (κ3) is 1.81. The predicted octanol–water partition coefficient (Wildman–Crippen LogP) is 2.15. The molecule has 0 N–H and O–H groups in total. The quantitative estimate of drug-likeness (QED) is 0.707. The summed E-state index contributed by atoms with van der Waals surface area (Å²) < 4.78 is 12.7. The highest BCUT2D eigenvalue weighted by Gasteiger charge is 2.05. The Morgan fingerprint density at radius 1 is 1.20 bits per heavy atom. The molecule has 0 radical (unpaired) electrons. The summed E-state index contributed by atoms with van der Waals surface area (Å²) in [5.74, 6) is -0.314. The van der Waals surface area contributed by atoms with Gasteiger partial charge in [0.25, 0.3) is 0 Å². The number of benzene rings is 1. The Bertz CT molecular complexity index is 514. The molecule has 0 atom stereocenters. The molecule has 1 aromatic carbocycles. The Labute approximate surface area is 85.9 Å². The van der Waals surface area contributed by atoms with Gasteiger partial charge in [-0.05, 0) is 24.3 Å². The largest absolute Gasteiger partial charge is 0.243 e. The summed E-state index contributed by atoms with van der Waals surface area (Å²) in [5, 5.41) is 8.83. The zero-order valence-corrected chi connectivity index (χ0v) is 7.68. The zero-order valence-electron chi connectivity index (χ0n) is 7.68. The lowest BCUT2D eigenvalue weighted by Gasteiger charge is -2.01. The molecule has 72 valence electrons. The van der Waals surface area contributed by atoms with Gasteiger partial charge in [-0.3, -0.25) is 0 Å². The molecular formula is C11H6FN3. The van der Waals surface area contributed by atoms with Crippen LogP contribution in [0.25, 0.3) is 11.3 Å². The van der Waals surface area contributed by atoms with Crippen molar-refractivity contribution in [2.24, 2.45) is 0 Å². The van der Waals surface area contributed by atoms with E-state index in [4.69, 9.17) is 5.26 Å². The van der Waals surface area contributed by atoms with Crippen molar-refractivity contribution in [3.8, 4) is 17.3 Å². The fraction of sp³-hybridized carbons (Fsp3) is 0. The van der Waals surface area contributed by atoms with Gasteiger partial charge in [-0.25, -0.2) is 14.4 Å². The number of nitriles is 1. The summed E-state index contributed by atoms with van der Waals surface area (Å²) in [4.78, 5) is 7.74. The van der Waals surface area contributed by atoms with Crippen LogP contribution >= 0.6 is 0 Å². The van der Waals surface area contributed by atoms with Gasteiger partial charge in [0.15, 0.2) is 0 Å². The monoisotopic (exact) mass is 199 g/mol. The van der Waals surface area contributed by atoms with E-state index in [1.54, 1.807) is 12.1 Å². The molecule has 0 aliphatic rings. The summed E-state index contributed by atoms with van der Waals surface area (Å²) in [6, 6.07) is 7.82. The van der Waals surface area contributed by atoms with E-state index >= 15 is 0 Å². The van der Waals surface area contributed by atoms with Gasteiger partial charge in [-0.1, -0.05) is 0 Å². The SMILES string of the molecule is N#Cc1cncnc1-c1ccc(F)cc1. The molecule has 0 amide bonds. The lowest BCUT2D eigenvalue weighted by molar-refractivity contribution is 0.628. The number of nitrogens with zero attached hydrogens (tertiary/aromatic N) is 3. The van der Waals surface area contributed by atoms with E-state index in [0.29, 0.717) is 16.8 Å².